The fourth-order valence-corrected chi connectivity index (χ4v) is 3.60. The Bertz CT molecular complexity index is 377. The summed E-state index contributed by atoms with van der Waals surface area (Å²) in [6, 6.07) is 0. The lowest BCUT2D eigenvalue weighted by atomic mass is 10.0. The van der Waals surface area contributed by atoms with E-state index in [1.807, 2.05) is 5.38 Å². The third kappa shape index (κ3) is 3.92. The van der Waals surface area contributed by atoms with E-state index >= 15 is 0 Å². The molecule has 102 valence electrons. The Hall–Kier alpha value is -0.160. The minimum Gasteiger partial charge on any atom is -0.389 e. The first-order valence-electron chi connectivity index (χ1n) is 6.51. The van der Waals surface area contributed by atoms with Crippen LogP contribution < -0.4 is 0 Å². The molecule has 1 aliphatic rings. The number of likely N-dealkylation sites (N-methyl/N-ethyl adjacent to an activating group) is 1. The van der Waals surface area contributed by atoms with Gasteiger partial charge in [0.1, 0.15) is 0 Å². The number of hydrogen-bond donors (Lipinski definition) is 1. The van der Waals surface area contributed by atoms with E-state index < -0.39 is 5.60 Å². The van der Waals surface area contributed by atoms with Gasteiger partial charge in [0, 0.05) is 24.9 Å². The van der Waals surface area contributed by atoms with Crippen molar-refractivity contribution in [2.75, 3.05) is 20.1 Å². The van der Waals surface area contributed by atoms with Crippen LogP contribution in [0.3, 0.4) is 0 Å². The van der Waals surface area contributed by atoms with Crippen LogP contribution >= 0.6 is 22.9 Å². The summed E-state index contributed by atoms with van der Waals surface area (Å²) in [6.45, 7) is 1.72. The first kappa shape index (κ1) is 14.3. The molecule has 0 amide bonds. The monoisotopic (exact) mass is 288 g/mol. The topological polar surface area (TPSA) is 36.4 Å². The molecule has 3 nitrogen and oxygen atoms in total. The van der Waals surface area contributed by atoms with Gasteiger partial charge in [-0.05, 0) is 19.9 Å². The normalized spacial score (nSPS) is 18.7. The summed E-state index contributed by atoms with van der Waals surface area (Å²) in [5.74, 6) is 0.492. The molecule has 1 saturated carbocycles. The van der Waals surface area contributed by atoms with Crippen molar-refractivity contribution in [3.8, 4) is 0 Å². The minimum absolute atomic E-state index is 0.446. The van der Waals surface area contributed by atoms with E-state index in [1.165, 1.54) is 0 Å². The number of rotatable bonds is 6. The summed E-state index contributed by atoms with van der Waals surface area (Å²) >= 11 is 7.41. The summed E-state index contributed by atoms with van der Waals surface area (Å²) in [7, 11) is 2.08. The van der Waals surface area contributed by atoms with Gasteiger partial charge in [-0.1, -0.05) is 12.8 Å². The van der Waals surface area contributed by atoms with Crippen molar-refractivity contribution in [3.63, 3.8) is 0 Å². The lowest BCUT2D eigenvalue weighted by molar-refractivity contribution is 0.0167. The highest BCUT2D eigenvalue weighted by Crippen LogP contribution is 2.29. The Morgan fingerprint density at radius 3 is 2.83 bits per heavy atom. The van der Waals surface area contributed by atoms with Crippen molar-refractivity contribution < 1.29 is 5.11 Å². The van der Waals surface area contributed by atoms with Gasteiger partial charge in [0.15, 0.2) is 0 Å². The summed E-state index contributed by atoms with van der Waals surface area (Å²) in [5, 5.41) is 13.5. The summed E-state index contributed by atoms with van der Waals surface area (Å²) < 4.78 is 0. The molecule has 0 aliphatic heterocycles. The molecule has 1 heterocycles. The highest BCUT2D eigenvalue weighted by molar-refractivity contribution is 7.09. The molecular weight excluding hydrogens is 268 g/mol. The average molecular weight is 289 g/mol. The number of aliphatic hydroxyl groups is 1. The maximum Gasteiger partial charge on any atom is 0.0941 e. The largest absolute Gasteiger partial charge is 0.389 e. The van der Waals surface area contributed by atoms with Crippen LogP contribution in [-0.2, 0) is 12.3 Å². The first-order chi connectivity index (χ1) is 8.61. The molecular formula is C13H21ClN2OS. The quantitative estimate of drug-likeness (QED) is 0.818. The van der Waals surface area contributed by atoms with Crippen LogP contribution in [0.1, 0.15) is 36.4 Å². The zero-order valence-corrected chi connectivity index (χ0v) is 12.4. The van der Waals surface area contributed by atoms with Gasteiger partial charge in [-0.25, -0.2) is 4.98 Å². The van der Waals surface area contributed by atoms with Gasteiger partial charge in [-0.2, -0.15) is 0 Å². The van der Waals surface area contributed by atoms with E-state index in [4.69, 9.17) is 11.6 Å². The second kappa shape index (κ2) is 6.33. The van der Waals surface area contributed by atoms with E-state index in [0.717, 1.165) is 55.9 Å². The van der Waals surface area contributed by atoms with E-state index in [2.05, 4.69) is 16.9 Å². The lowest BCUT2D eigenvalue weighted by Gasteiger charge is -2.28. The van der Waals surface area contributed by atoms with Crippen molar-refractivity contribution in [2.24, 2.45) is 0 Å². The van der Waals surface area contributed by atoms with E-state index in [1.54, 1.807) is 11.3 Å². The van der Waals surface area contributed by atoms with Gasteiger partial charge >= 0.3 is 0 Å². The van der Waals surface area contributed by atoms with Crippen LogP contribution in [0.25, 0.3) is 0 Å². The van der Waals surface area contributed by atoms with Gasteiger partial charge in [-0.3, -0.25) is 0 Å². The number of halogens is 1. The predicted molar refractivity (Wildman–Crippen MR) is 76.3 cm³/mol. The Labute approximate surface area is 118 Å². The van der Waals surface area contributed by atoms with Crippen LogP contribution in [-0.4, -0.2) is 40.7 Å². The molecule has 1 aromatic rings. The molecule has 5 heteroatoms. The van der Waals surface area contributed by atoms with Crippen molar-refractivity contribution in [1.82, 2.24) is 9.88 Å². The number of alkyl halides is 1. The van der Waals surface area contributed by atoms with Crippen LogP contribution in [0, 0.1) is 0 Å². The summed E-state index contributed by atoms with van der Waals surface area (Å²) in [5.41, 5.74) is 0.521. The van der Waals surface area contributed by atoms with Gasteiger partial charge in [0.05, 0.1) is 22.2 Å². The van der Waals surface area contributed by atoms with Gasteiger partial charge in [0.2, 0.25) is 0 Å². The predicted octanol–water partition coefficient (Wildman–Crippen LogP) is 2.66. The summed E-state index contributed by atoms with van der Waals surface area (Å²) in [4.78, 5) is 6.66. The highest BCUT2D eigenvalue weighted by Gasteiger charge is 2.31. The van der Waals surface area contributed by atoms with Crippen LogP contribution in [0.5, 0.6) is 0 Å². The zero-order chi connectivity index (χ0) is 13.0. The number of aromatic nitrogens is 1. The Balaban J connectivity index is 1.75. The Morgan fingerprint density at radius 1 is 1.50 bits per heavy atom. The fraction of sp³-hybridized carbons (Fsp3) is 0.769. The Kier molecular flexibility index (Phi) is 5.01. The fourth-order valence-electron chi connectivity index (χ4n) is 2.58. The van der Waals surface area contributed by atoms with Crippen LogP contribution in [0.15, 0.2) is 5.38 Å². The standard InChI is InChI=1S/C13H21ClN2OS/c1-16(10-13(17)5-2-3-6-13)7-4-12-15-11(8-14)9-18-12/h9,17H,2-8,10H2,1H3. The molecule has 0 bridgehead atoms. The van der Waals surface area contributed by atoms with Gasteiger partial charge in [0.25, 0.3) is 0 Å². The lowest BCUT2D eigenvalue weighted by Crippen LogP contribution is -2.39. The van der Waals surface area contributed by atoms with Crippen molar-refractivity contribution >= 4 is 22.9 Å². The molecule has 0 atom stereocenters. The molecule has 18 heavy (non-hydrogen) atoms. The second-order valence-corrected chi connectivity index (χ2v) is 6.50. The Morgan fingerprint density at radius 2 is 2.22 bits per heavy atom. The molecule has 1 fully saturated rings. The van der Waals surface area contributed by atoms with E-state index in [0.29, 0.717) is 5.88 Å². The molecule has 0 aromatic carbocycles. The van der Waals surface area contributed by atoms with E-state index in [9.17, 15) is 5.11 Å². The van der Waals surface area contributed by atoms with Gasteiger partial charge < -0.3 is 10.0 Å². The minimum atomic E-state index is -0.446. The van der Waals surface area contributed by atoms with Gasteiger partial charge in [-0.15, -0.1) is 22.9 Å². The van der Waals surface area contributed by atoms with Crippen LogP contribution in [0.2, 0.25) is 0 Å². The van der Waals surface area contributed by atoms with Crippen molar-refractivity contribution in [2.45, 2.75) is 43.6 Å². The molecule has 1 aliphatic carbocycles. The highest BCUT2D eigenvalue weighted by atomic mass is 35.5. The SMILES string of the molecule is CN(CCc1nc(CCl)cs1)CC1(O)CCCC1. The first-order valence-corrected chi connectivity index (χ1v) is 7.93. The maximum absolute atomic E-state index is 10.3. The maximum atomic E-state index is 10.3. The average Bonchev–Trinajstić information content (AvgIpc) is 2.95. The molecule has 0 unspecified atom stereocenters. The van der Waals surface area contributed by atoms with Crippen molar-refractivity contribution in [1.29, 1.82) is 0 Å². The zero-order valence-electron chi connectivity index (χ0n) is 10.9. The van der Waals surface area contributed by atoms with E-state index in [-0.39, 0.29) is 0 Å². The van der Waals surface area contributed by atoms with Crippen LogP contribution in [0.4, 0.5) is 0 Å². The molecule has 1 N–H and O–H groups in total. The third-order valence-corrected chi connectivity index (χ3v) is 4.77. The second-order valence-electron chi connectivity index (χ2n) is 5.29. The third-order valence-electron chi connectivity index (χ3n) is 3.54. The smallest absolute Gasteiger partial charge is 0.0941 e. The van der Waals surface area contributed by atoms with Crippen molar-refractivity contribution in [3.05, 3.63) is 16.1 Å². The molecule has 0 saturated heterocycles. The number of thiazole rings is 1. The number of nitrogens with zero attached hydrogens (tertiary/aromatic N) is 2. The molecule has 0 radical (unpaired) electrons. The molecule has 2 rings (SSSR count). The summed E-state index contributed by atoms with van der Waals surface area (Å²) in [6.07, 6.45) is 5.16. The molecule has 0 spiro atoms. The number of hydrogen-bond acceptors (Lipinski definition) is 4. The molecule has 1 aromatic heterocycles.